The zero-order valence-corrected chi connectivity index (χ0v) is 13.8. The number of benzene rings is 1. The van der Waals surface area contributed by atoms with Gasteiger partial charge in [0.1, 0.15) is 11.6 Å². The lowest BCUT2D eigenvalue weighted by atomic mass is 10.3. The molecule has 0 spiro atoms. The summed E-state index contributed by atoms with van der Waals surface area (Å²) in [7, 11) is -3.76. The Balaban J connectivity index is 2.88. The van der Waals surface area contributed by atoms with Gasteiger partial charge in [-0.1, -0.05) is 13.8 Å². The molecule has 0 fully saturated rings. The predicted molar refractivity (Wildman–Crippen MR) is 79.2 cm³/mol. The van der Waals surface area contributed by atoms with Crippen LogP contribution < -0.4 is 10.0 Å². The first-order valence-corrected chi connectivity index (χ1v) is 8.37. The summed E-state index contributed by atoms with van der Waals surface area (Å²) in [6.07, 6.45) is 0. The van der Waals surface area contributed by atoms with E-state index in [4.69, 9.17) is 0 Å². The van der Waals surface area contributed by atoms with Gasteiger partial charge in [0.25, 0.3) is 0 Å². The highest BCUT2D eigenvalue weighted by Crippen LogP contribution is 2.25. The van der Waals surface area contributed by atoms with Crippen LogP contribution in [0.1, 0.15) is 20.8 Å². The number of hydrogen-bond donors (Lipinski definition) is 2. The van der Waals surface area contributed by atoms with Crippen molar-refractivity contribution in [2.75, 3.05) is 11.3 Å². The van der Waals surface area contributed by atoms with Crippen LogP contribution in [0.5, 0.6) is 0 Å². The maximum Gasteiger partial charge on any atom is 0.236 e. The summed E-state index contributed by atoms with van der Waals surface area (Å²) in [5, 5.41) is 2.23. The standard InChI is InChI=1S/C12H17BrF2N2O2S/c1-7(2)16-6-8(3)20(18,19)17-12-4-9(13)10(14)5-11(12)15/h4-5,7-8,16-17H,6H2,1-3H3. The van der Waals surface area contributed by atoms with Gasteiger partial charge in [-0.15, -0.1) is 0 Å². The zero-order valence-electron chi connectivity index (χ0n) is 11.4. The molecule has 0 aliphatic rings. The van der Waals surface area contributed by atoms with E-state index in [1.807, 2.05) is 13.8 Å². The van der Waals surface area contributed by atoms with Gasteiger partial charge in [0.15, 0.2) is 0 Å². The van der Waals surface area contributed by atoms with Gasteiger partial charge in [-0.2, -0.15) is 0 Å². The Labute approximate surface area is 126 Å². The molecule has 4 nitrogen and oxygen atoms in total. The minimum atomic E-state index is -3.76. The lowest BCUT2D eigenvalue weighted by Gasteiger charge is -2.17. The van der Waals surface area contributed by atoms with Crippen molar-refractivity contribution in [3.05, 3.63) is 28.2 Å². The van der Waals surface area contributed by atoms with E-state index < -0.39 is 26.9 Å². The van der Waals surface area contributed by atoms with Crippen LogP contribution in [0.4, 0.5) is 14.5 Å². The monoisotopic (exact) mass is 370 g/mol. The molecule has 8 heteroatoms. The molecule has 0 radical (unpaired) electrons. The molecule has 1 atom stereocenters. The van der Waals surface area contributed by atoms with E-state index in [1.54, 1.807) is 0 Å². The van der Waals surface area contributed by atoms with E-state index in [-0.39, 0.29) is 22.7 Å². The van der Waals surface area contributed by atoms with Crippen molar-refractivity contribution < 1.29 is 17.2 Å². The second-order valence-corrected chi connectivity index (χ2v) is 7.72. The highest BCUT2D eigenvalue weighted by atomic mass is 79.9. The van der Waals surface area contributed by atoms with Gasteiger partial charge in [-0.05, 0) is 28.9 Å². The number of anilines is 1. The number of nitrogens with one attached hydrogen (secondary N) is 2. The Hall–Kier alpha value is -0.730. The Kier molecular flexibility index (Phi) is 5.91. The summed E-state index contributed by atoms with van der Waals surface area (Å²) >= 11 is 2.89. The van der Waals surface area contributed by atoms with E-state index >= 15 is 0 Å². The Bertz CT molecular complexity index is 579. The molecule has 0 aromatic heterocycles. The average molecular weight is 371 g/mol. The topological polar surface area (TPSA) is 58.2 Å². The molecule has 2 N–H and O–H groups in total. The van der Waals surface area contributed by atoms with Gasteiger partial charge in [0.05, 0.1) is 15.4 Å². The number of halogens is 3. The summed E-state index contributed by atoms with van der Waals surface area (Å²) in [4.78, 5) is 0. The second kappa shape index (κ2) is 6.82. The Morgan fingerprint density at radius 3 is 2.35 bits per heavy atom. The summed E-state index contributed by atoms with van der Waals surface area (Å²) in [6, 6.07) is 1.83. The van der Waals surface area contributed by atoms with Crippen molar-refractivity contribution >= 4 is 31.6 Å². The largest absolute Gasteiger partial charge is 0.313 e. The maximum absolute atomic E-state index is 13.5. The van der Waals surface area contributed by atoms with Crippen molar-refractivity contribution in [1.82, 2.24) is 5.32 Å². The van der Waals surface area contributed by atoms with Crippen LogP contribution in [0.25, 0.3) is 0 Å². The van der Waals surface area contributed by atoms with Crippen LogP contribution in [0, 0.1) is 11.6 Å². The molecule has 0 saturated heterocycles. The summed E-state index contributed by atoms with van der Waals surface area (Å²) in [5.74, 6) is -1.75. The van der Waals surface area contributed by atoms with Crippen molar-refractivity contribution in [2.24, 2.45) is 0 Å². The fourth-order valence-electron chi connectivity index (χ4n) is 1.37. The highest BCUT2D eigenvalue weighted by Gasteiger charge is 2.22. The third kappa shape index (κ3) is 4.68. The van der Waals surface area contributed by atoms with E-state index in [0.717, 1.165) is 6.07 Å². The van der Waals surface area contributed by atoms with Crippen LogP contribution in [-0.2, 0) is 10.0 Å². The molecule has 1 rings (SSSR count). The first kappa shape index (κ1) is 17.3. The highest BCUT2D eigenvalue weighted by molar-refractivity contribution is 9.10. The van der Waals surface area contributed by atoms with Gasteiger partial charge < -0.3 is 5.32 Å². The lowest BCUT2D eigenvalue weighted by molar-refractivity contribution is 0.552. The van der Waals surface area contributed by atoms with Crippen molar-refractivity contribution in [1.29, 1.82) is 0 Å². The third-order valence-corrected chi connectivity index (χ3v) is 4.94. The Morgan fingerprint density at radius 1 is 1.20 bits per heavy atom. The molecule has 0 heterocycles. The van der Waals surface area contributed by atoms with E-state index in [2.05, 4.69) is 26.0 Å². The molecule has 0 saturated carbocycles. The van der Waals surface area contributed by atoms with Crippen LogP contribution in [0.2, 0.25) is 0 Å². The van der Waals surface area contributed by atoms with Crippen molar-refractivity contribution in [3.8, 4) is 0 Å². The second-order valence-electron chi connectivity index (χ2n) is 4.77. The van der Waals surface area contributed by atoms with Crippen molar-refractivity contribution in [2.45, 2.75) is 32.1 Å². The average Bonchev–Trinajstić information content (AvgIpc) is 2.32. The number of rotatable bonds is 6. The SMILES string of the molecule is CC(C)NCC(C)S(=O)(=O)Nc1cc(Br)c(F)cc1F. The summed E-state index contributed by atoms with van der Waals surface area (Å²) in [5.41, 5.74) is -0.283. The molecule has 1 aromatic rings. The maximum atomic E-state index is 13.5. The predicted octanol–water partition coefficient (Wildman–Crippen LogP) is 2.86. The number of hydrogen-bond acceptors (Lipinski definition) is 3. The summed E-state index contributed by atoms with van der Waals surface area (Å²) in [6.45, 7) is 5.53. The number of sulfonamides is 1. The van der Waals surface area contributed by atoms with Gasteiger partial charge in [0.2, 0.25) is 10.0 Å². The molecule has 0 aliphatic carbocycles. The quantitative estimate of drug-likeness (QED) is 0.757. The summed E-state index contributed by atoms with van der Waals surface area (Å²) < 4.78 is 52.8. The smallest absolute Gasteiger partial charge is 0.236 e. The normalized spacial score (nSPS) is 13.6. The molecule has 1 aromatic carbocycles. The van der Waals surface area contributed by atoms with Crippen LogP contribution in [0.3, 0.4) is 0 Å². The molecular weight excluding hydrogens is 354 g/mol. The van der Waals surface area contributed by atoms with E-state index in [1.165, 1.54) is 6.92 Å². The fourth-order valence-corrected chi connectivity index (χ4v) is 2.69. The minimum Gasteiger partial charge on any atom is -0.313 e. The lowest BCUT2D eigenvalue weighted by Crippen LogP contribution is -2.37. The molecule has 20 heavy (non-hydrogen) atoms. The minimum absolute atomic E-state index is 0.00967. The van der Waals surface area contributed by atoms with Gasteiger partial charge in [0, 0.05) is 18.7 Å². The van der Waals surface area contributed by atoms with Gasteiger partial charge >= 0.3 is 0 Å². The van der Waals surface area contributed by atoms with Crippen LogP contribution in [-0.4, -0.2) is 26.3 Å². The van der Waals surface area contributed by atoms with E-state index in [9.17, 15) is 17.2 Å². The van der Waals surface area contributed by atoms with Gasteiger partial charge in [-0.3, -0.25) is 4.72 Å². The van der Waals surface area contributed by atoms with Crippen LogP contribution in [0.15, 0.2) is 16.6 Å². The molecule has 0 amide bonds. The third-order valence-electron chi connectivity index (χ3n) is 2.61. The fraction of sp³-hybridized carbons (Fsp3) is 0.500. The first-order valence-electron chi connectivity index (χ1n) is 6.03. The first-order chi connectivity index (χ1) is 9.13. The molecule has 0 aliphatic heterocycles. The van der Waals surface area contributed by atoms with Crippen molar-refractivity contribution in [3.63, 3.8) is 0 Å². The molecular formula is C12H17BrF2N2O2S. The van der Waals surface area contributed by atoms with Gasteiger partial charge in [-0.25, -0.2) is 17.2 Å². The van der Waals surface area contributed by atoms with Crippen LogP contribution >= 0.6 is 15.9 Å². The van der Waals surface area contributed by atoms with E-state index in [0.29, 0.717) is 6.07 Å². The zero-order chi connectivity index (χ0) is 15.5. The Morgan fingerprint density at radius 2 is 1.80 bits per heavy atom. The molecule has 1 unspecified atom stereocenters. The molecule has 0 bridgehead atoms. The molecule has 114 valence electrons.